The van der Waals surface area contributed by atoms with Gasteiger partial charge in [0.25, 0.3) is 0 Å². The fourth-order valence-corrected chi connectivity index (χ4v) is 0.463. The molecule has 0 aliphatic carbocycles. The molecule has 0 fully saturated rings. The van der Waals surface area contributed by atoms with Crippen LogP contribution in [-0.2, 0) is 71.8 Å². The largest absolute Gasteiger partial charge is 0 e. The molecule has 0 aliphatic rings. The van der Waals surface area contributed by atoms with E-state index in [2.05, 4.69) is 40.2 Å². The van der Waals surface area contributed by atoms with Crippen LogP contribution in [0.25, 0.3) is 0 Å². The number of thiol groups is 1. The third-order valence-electron chi connectivity index (χ3n) is 0.447. The van der Waals surface area contributed by atoms with Gasteiger partial charge in [0.1, 0.15) is 0 Å². The second kappa shape index (κ2) is 13.7. The van der Waals surface area contributed by atoms with Gasteiger partial charge in [-0.25, -0.2) is 0 Å². The predicted molar refractivity (Wildman–Crippen MR) is 34.8 cm³/mol. The van der Waals surface area contributed by atoms with Crippen molar-refractivity contribution in [1.82, 2.24) is 0 Å². The summed E-state index contributed by atoms with van der Waals surface area (Å²) in [5, 5.41) is 22.3. The van der Waals surface area contributed by atoms with Crippen LogP contribution in [0.3, 0.4) is 0 Å². The number of nitrogens with two attached hydrogens (primary N) is 1. The molecule has 0 aliphatic heterocycles. The topological polar surface area (TPSA) is 128 Å². The maximum absolute atomic E-state index is 10.1. The Kier molecular flexibility index (Phi) is 14.5. The molecule has 0 rings (SSSR count). The summed E-state index contributed by atoms with van der Waals surface area (Å²) in [7, 11) is -3.43. The van der Waals surface area contributed by atoms with E-state index in [-0.39, 0.29) is 32.7 Å². The average molecular weight is 307 g/mol. The van der Waals surface area contributed by atoms with Crippen molar-refractivity contribution >= 4 is 21.7 Å². The Morgan fingerprint density at radius 3 is 2.71 bits per heavy atom. The fourth-order valence-electron chi connectivity index (χ4n) is 0.176. The van der Waals surface area contributed by atoms with Crippen LogP contribution in [0.5, 0.6) is 0 Å². The summed E-state index contributed by atoms with van der Waals surface area (Å²) in [5.41, 5.74) is 0. The van der Waals surface area contributed by atoms with Crippen molar-refractivity contribution in [3.05, 3.63) is 0 Å². The Labute approximate surface area is 105 Å². The van der Waals surface area contributed by atoms with Crippen LogP contribution in [0.4, 0.5) is 0 Å². The number of carbonyl (C=O) groups excluding carboxylic acids is 1. The summed E-state index contributed by atoms with van der Waals surface area (Å²) in [6, 6.07) is 0. The van der Waals surface area contributed by atoms with Gasteiger partial charge in [0.2, 0.25) is 0 Å². The zero-order valence-electron chi connectivity index (χ0n) is 7.35. The second-order valence-electron chi connectivity index (χ2n) is 1.02. The fraction of sp³-hybridized carbons (Fsp3) is 0. The zero-order valence-corrected chi connectivity index (χ0v) is 10.0. The molecule has 0 aromatic rings. The standard InChI is InChI=1S/CH4BNO9S.Y/c3-7-10-9-6-2-13(1-4)12-11-8-5;/h5,13H,3H2;/i13D;. The molecule has 14 heavy (non-hydrogen) atoms. The van der Waals surface area contributed by atoms with Crippen LogP contribution in [0.1, 0.15) is 0 Å². The Balaban J connectivity index is 0. The normalized spacial score (nSPS) is 14.3. The van der Waals surface area contributed by atoms with Crippen LogP contribution in [0.2, 0.25) is 0 Å². The van der Waals surface area contributed by atoms with Gasteiger partial charge in [-0.3, -0.25) is 0 Å². The number of hydrogen-bond acceptors (Lipinski definition) is 10. The summed E-state index contributed by atoms with van der Waals surface area (Å²) in [5.74, 6) is 4.32. The molecule has 1 radical (unpaired) electrons. The van der Waals surface area contributed by atoms with Crippen molar-refractivity contribution in [3.8, 4) is 0 Å². The van der Waals surface area contributed by atoms with E-state index in [1.54, 1.807) is 0 Å². The molecule has 0 amide bonds. The van der Waals surface area contributed by atoms with Crippen molar-refractivity contribution in [3.63, 3.8) is 0 Å². The first-order chi connectivity index (χ1) is 6.68. The van der Waals surface area contributed by atoms with E-state index < -0.39 is 10.1 Å². The number of hydrogen-bond donors (Lipinski definition) is 3. The quantitative estimate of drug-likeness (QED) is 0.128. The molecule has 13 heteroatoms. The van der Waals surface area contributed by atoms with Crippen LogP contribution in [0, 0.1) is 0 Å². The van der Waals surface area contributed by atoms with Gasteiger partial charge in [-0.1, -0.05) is 0 Å². The van der Waals surface area contributed by atoms with Gasteiger partial charge in [0.15, 0.2) is 0 Å². The molecular weight excluding hydrogens is 302 g/mol. The third kappa shape index (κ3) is 10.8. The van der Waals surface area contributed by atoms with Crippen LogP contribution >= 0.6 is 10.1 Å². The molecule has 1 atom stereocenters. The van der Waals surface area contributed by atoms with Gasteiger partial charge in [-0.05, 0) is 0 Å². The summed E-state index contributed by atoms with van der Waals surface area (Å²) in [6.07, 6.45) is 0.387. The van der Waals surface area contributed by atoms with Gasteiger partial charge >= 0.3 is 73.0 Å². The van der Waals surface area contributed by atoms with E-state index >= 15 is 0 Å². The smallest absolute Gasteiger partial charge is 0 e. The number of rotatable bonds is 7. The molecule has 0 heterocycles. The van der Waals surface area contributed by atoms with E-state index in [9.17, 15) is 4.79 Å². The third-order valence-corrected chi connectivity index (χ3v) is 1.07. The Morgan fingerprint density at radius 2 is 2.21 bits per heavy atom. The van der Waals surface area contributed by atoms with Crippen molar-refractivity contribution in [1.29, 1.82) is 1.12 Å². The summed E-state index contributed by atoms with van der Waals surface area (Å²) < 4.78 is 10.9. The minimum absolute atomic E-state index is 0. The van der Waals surface area contributed by atoms with Crippen LogP contribution < -0.4 is 5.90 Å². The minimum atomic E-state index is -3.43. The monoisotopic (exact) mass is 307 g/mol. The van der Waals surface area contributed by atoms with E-state index in [4.69, 9.17) is 6.38 Å². The molecule has 0 aromatic carbocycles. The zero-order chi connectivity index (χ0) is 10.9. The van der Waals surface area contributed by atoms with Gasteiger partial charge < -0.3 is 0 Å². The van der Waals surface area contributed by atoms with Gasteiger partial charge in [0, 0.05) is 32.7 Å². The van der Waals surface area contributed by atoms with Crippen molar-refractivity contribution in [2.75, 3.05) is 0 Å². The first kappa shape index (κ1) is 14.7. The molecule has 10 nitrogen and oxygen atoms in total. The van der Waals surface area contributed by atoms with Crippen LogP contribution in [-0.4, -0.2) is 18.0 Å². The van der Waals surface area contributed by atoms with Crippen molar-refractivity contribution < 1.29 is 77.0 Å². The Bertz CT molecular complexity index is 286. The summed E-state index contributed by atoms with van der Waals surface area (Å²) >= 11 is 0. The molecule has 0 saturated carbocycles. The second-order valence-corrected chi connectivity index (χ2v) is 2.11. The first-order valence-corrected chi connectivity index (χ1v) is 3.51. The molecule has 0 spiro atoms. The molecule has 0 bridgehead atoms. The van der Waals surface area contributed by atoms with E-state index in [0.29, 0.717) is 6.36 Å². The molecule has 0 saturated heterocycles. The molecular formula is CH4BNO9SY. The van der Waals surface area contributed by atoms with Gasteiger partial charge in [0.05, 0.1) is 0 Å². The molecule has 79 valence electrons. The van der Waals surface area contributed by atoms with E-state index in [1.165, 1.54) is 0 Å². The van der Waals surface area contributed by atoms with E-state index in [1.807, 2.05) is 0 Å². The maximum atomic E-state index is 10.1. The SMILES string of the molecule is [2H]S(=BOOOON)(=C=O)OOOO.[Y]. The molecule has 1 unspecified atom stereocenters. The van der Waals surface area contributed by atoms with E-state index in [0.717, 1.165) is 5.23 Å². The molecule has 0 aromatic heterocycles. The average Bonchev–Trinajstić information content (AvgIpc) is 2.22. The van der Waals surface area contributed by atoms with Crippen molar-refractivity contribution in [2.45, 2.75) is 0 Å². The van der Waals surface area contributed by atoms with Crippen LogP contribution in [0.15, 0.2) is 0 Å². The maximum Gasteiger partial charge on any atom is 0 e. The minimum Gasteiger partial charge on any atom is 0 e. The van der Waals surface area contributed by atoms with Gasteiger partial charge in [-0.15, -0.1) is 0 Å². The first-order valence-electron chi connectivity index (χ1n) is 2.71. The molecule has 3 N–H and O–H groups in total. The Hall–Kier alpha value is 0.739. The predicted octanol–water partition coefficient (Wildman–Crippen LogP) is -1.46. The van der Waals surface area contributed by atoms with Crippen molar-refractivity contribution in [2.24, 2.45) is 5.90 Å². The van der Waals surface area contributed by atoms with Gasteiger partial charge in [-0.2, -0.15) is 0 Å². The summed E-state index contributed by atoms with van der Waals surface area (Å²) in [4.78, 5) is 17.5. The summed E-state index contributed by atoms with van der Waals surface area (Å²) in [6.45, 7) is 0. The Morgan fingerprint density at radius 1 is 1.50 bits per heavy atom.